The molecule has 0 unspecified atom stereocenters. The lowest BCUT2D eigenvalue weighted by Crippen LogP contribution is -2.32. The maximum Gasteiger partial charge on any atom is 0.175 e. The van der Waals surface area contributed by atoms with Crippen LogP contribution in [0.4, 0.5) is 0 Å². The lowest BCUT2D eigenvalue weighted by Gasteiger charge is -2.25. The van der Waals surface area contributed by atoms with Gasteiger partial charge in [0.05, 0.1) is 10.4 Å². The van der Waals surface area contributed by atoms with Gasteiger partial charge >= 0.3 is 0 Å². The summed E-state index contributed by atoms with van der Waals surface area (Å²) in [4.78, 5) is 9.23. The van der Waals surface area contributed by atoms with Crippen molar-refractivity contribution in [2.24, 2.45) is 0 Å². The van der Waals surface area contributed by atoms with Crippen molar-refractivity contribution in [3.05, 3.63) is 60.8 Å². The van der Waals surface area contributed by atoms with Crippen molar-refractivity contribution in [2.45, 2.75) is 30.0 Å². The Bertz CT molecular complexity index is 1080. The molecule has 0 saturated carbocycles. The highest BCUT2D eigenvalue weighted by Gasteiger charge is 2.30. The highest BCUT2D eigenvalue weighted by molar-refractivity contribution is 8.00. The van der Waals surface area contributed by atoms with E-state index in [0.717, 1.165) is 27.6 Å². The van der Waals surface area contributed by atoms with Gasteiger partial charge in [-0.15, -0.1) is 0 Å². The molecule has 4 aromatic rings. The summed E-state index contributed by atoms with van der Waals surface area (Å²) < 4.78 is 1.18. The molecule has 0 fully saturated rings. The van der Waals surface area contributed by atoms with Crippen molar-refractivity contribution in [2.75, 3.05) is 0 Å². The minimum atomic E-state index is -1.47. The quantitative estimate of drug-likeness (QED) is 0.426. The number of imidazole rings is 1. The number of aromatic nitrogens is 3. The topological polar surface area (TPSA) is 71.2 Å². The number of thioether (sulfide) groups is 1. The predicted molar refractivity (Wildman–Crippen MR) is 105 cm³/mol. The Labute approximate surface area is 155 Å². The molecule has 6 heteroatoms. The van der Waals surface area contributed by atoms with Crippen molar-refractivity contribution >= 4 is 33.7 Å². The fourth-order valence-electron chi connectivity index (χ4n) is 2.87. The Kier molecular flexibility index (Phi) is 4.19. The minimum absolute atomic E-state index is 0.674. The van der Waals surface area contributed by atoms with Crippen LogP contribution in [0.2, 0.25) is 0 Å². The van der Waals surface area contributed by atoms with Gasteiger partial charge in [0.15, 0.2) is 17.1 Å². The smallest absolute Gasteiger partial charge is 0.175 e. The molecule has 0 saturated heterocycles. The van der Waals surface area contributed by atoms with Crippen LogP contribution in [-0.2, 0) is 0 Å². The summed E-state index contributed by atoms with van der Waals surface area (Å²) in [6, 6.07) is 18.0. The fourth-order valence-corrected chi connectivity index (χ4v) is 3.86. The van der Waals surface area contributed by atoms with Gasteiger partial charge in [-0.05, 0) is 37.4 Å². The van der Waals surface area contributed by atoms with E-state index >= 15 is 0 Å². The first kappa shape index (κ1) is 17.0. The molecule has 0 amide bonds. The van der Waals surface area contributed by atoms with Crippen LogP contribution in [-0.4, -0.2) is 35.8 Å². The molecule has 4 rings (SSSR count). The summed E-state index contributed by atoms with van der Waals surface area (Å²) >= 11 is 1.32. The summed E-state index contributed by atoms with van der Waals surface area (Å²) in [5, 5.41) is 22.3. The predicted octanol–water partition coefficient (Wildman–Crippen LogP) is 3.76. The molecular formula is C20H19N3O2S. The molecule has 2 N–H and O–H groups in total. The van der Waals surface area contributed by atoms with E-state index < -0.39 is 11.0 Å². The summed E-state index contributed by atoms with van der Waals surface area (Å²) in [5.74, 6) is 0. The van der Waals surface area contributed by atoms with E-state index in [9.17, 15) is 10.2 Å². The second-order valence-electron chi connectivity index (χ2n) is 6.65. The van der Waals surface area contributed by atoms with Gasteiger partial charge in [0.25, 0.3) is 0 Å². The molecule has 0 atom stereocenters. The number of nitrogens with zero attached hydrogens (tertiary/aromatic N) is 3. The molecule has 0 aliphatic heterocycles. The number of rotatable bonds is 4. The first-order valence-corrected chi connectivity index (χ1v) is 9.16. The van der Waals surface area contributed by atoms with Gasteiger partial charge in [0.1, 0.15) is 5.52 Å². The molecule has 2 heterocycles. The van der Waals surface area contributed by atoms with E-state index in [-0.39, 0.29) is 0 Å². The summed E-state index contributed by atoms with van der Waals surface area (Å²) in [6.07, 6.45) is 0.271. The van der Waals surface area contributed by atoms with Crippen LogP contribution in [0.3, 0.4) is 0 Å². The van der Waals surface area contributed by atoms with E-state index in [4.69, 9.17) is 4.98 Å². The third-order valence-corrected chi connectivity index (χ3v) is 5.56. The molecule has 0 aliphatic rings. The molecule has 26 heavy (non-hydrogen) atoms. The lowest BCUT2D eigenvalue weighted by atomic mass is 10.1. The van der Waals surface area contributed by atoms with E-state index in [0.29, 0.717) is 5.16 Å². The average molecular weight is 365 g/mol. The van der Waals surface area contributed by atoms with E-state index in [1.165, 1.54) is 11.8 Å². The molecule has 0 bridgehead atoms. The Balaban J connectivity index is 2.00. The third kappa shape index (κ3) is 2.86. The summed E-state index contributed by atoms with van der Waals surface area (Å²) in [7, 11) is 0. The molecule has 2 aromatic carbocycles. The van der Waals surface area contributed by atoms with Crippen LogP contribution in [0.25, 0.3) is 27.6 Å². The number of pyridine rings is 1. The Morgan fingerprint density at radius 2 is 1.77 bits per heavy atom. The largest absolute Gasteiger partial charge is 0.367 e. The highest BCUT2D eigenvalue weighted by Crippen LogP contribution is 2.38. The second-order valence-corrected chi connectivity index (χ2v) is 8.27. The molecule has 0 spiro atoms. The maximum absolute atomic E-state index is 9.73. The monoisotopic (exact) mass is 365 g/mol. The van der Waals surface area contributed by atoms with Crippen molar-refractivity contribution in [1.29, 1.82) is 0 Å². The van der Waals surface area contributed by atoms with Gasteiger partial charge in [-0.3, -0.25) is 4.57 Å². The molecule has 0 aliphatic carbocycles. The van der Waals surface area contributed by atoms with E-state index in [2.05, 4.69) is 23.2 Å². The van der Waals surface area contributed by atoms with Crippen LogP contribution >= 0.6 is 11.8 Å². The fraction of sp³-hybridized carbons (Fsp3) is 0.200. The Morgan fingerprint density at radius 3 is 2.58 bits per heavy atom. The number of fused-ring (bicyclic) bond motifs is 2. The Hall–Kier alpha value is -2.41. The van der Waals surface area contributed by atoms with Gasteiger partial charge in [0, 0.05) is 11.6 Å². The van der Waals surface area contributed by atoms with Crippen LogP contribution < -0.4 is 0 Å². The van der Waals surface area contributed by atoms with E-state index in [1.807, 2.05) is 41.0 Å². The average Bonchev–Trinajstić information content (AvgIpc) is 2.98. The number of benzene rings is 2. The number of aliphatic hydroxyl groups excluding tert-OH is 1. The first-order chi connectivity index (χ1) is 12.5. The zero-order valence-electron chi connectivity index (χ0n) is 14.5. The minimum Gasteiger partial charge on any atom is -0.367 e. The lowest BCUT2D eigenvalue weighted by molar-refractivity contribution is -0.0606. The summed E-state index contributed by atoms with van der Waals surface area (Å²) in [5.41, 5.74) is 2.48. The molecule has 132 valence electrons. The van der Waals surface area contributed by atoms with Crippen molar-refractivity contribution in [3.63, 3.8) is 0 Å². The van der Waals surface area contributed by atoms with Gasteiger partial charge in [-0.2, -0.15) is 0 Å². The third-order valence-electron chi connectivity index (χ3n) is 4.37. The van der Waals surface area contributed by atoms with Crippen LogP contribution in [0.1, 0.15) is 13.8 Å². The number of hydrogen-bond acceptors (Lipinski definition) is 5. The van der Waals surface area contributed by atoms with E-state index in [1.54, 1.807) is 20.0 Å². The zero-order chi connectivity index (χ0) is 18.3. The van der Waals surface area contributed by atoms with Crippen LogP contribution in [0.15, 0.2) is 66.0 Å². The second kappa shape index (κ2) is 6.39. The standard InChI is InChI=1S/C20H19N3O2S/c1-20(2,18(24)25)26-19-22-15-10-6-12-21-17(15)23(19)16-11-5-8-13-7-3-4-9-14(13)16/h3-12,18,24-25H,1-2H3. The highest BCUT2D eigenvalue weighted by atomic mass is 32.2. The molecular weight excluding hydrogens is 346 g/mol. The summed E-state index contributed by atoms with van der Waals surface area (Å²) in [6.45, 7) is 3.56. The van der Waals surface area contributed by atoms with Crippen molar-refractivity contribution in [1.82, 2.24) is 14.5 Å². The normalized spacial score (nSPS) is 12.3. The molecule has 5 nitrogen and oxygen atoms in total. The van der Waals surface area contributed by atoms with Crippen molar-refractivity contribution in [3.8, 4) is 5.69 Å². The van der Waals surface area contributed by atoms with Gasteiger partial charge in [0.2, 0.25) is 0 Å². The van der Waals surface area contributed by atoms with Crippen molar-refractivity contribution < 1.29 is 10.2 Å². The Morgan fingerprint density at radius 1 is 1.00 bits per heavy atom. The maximum atomic E-state index is 9.73. The first-order valence-electron chi connectivity index (χ1n) is 8.34. The van der Waals surface area contributed by atoms with Crippen LogP contribution in [0, 0.1) is 0 Å². The van der Waals surface area contributed by atoms with Gasteiger partial charge in [-0.25, -0.2) is 9.97 Å². The van der Waals surface area contributed by atoms with Gasteiger partial charge < -0.3 is 10.2 Å². The van der Waals surface area contributed by atoms with Crippen LogP contribution in [0.5, 0.6) is 0 Å². The zero-order valence-corrected chi connectivity index (χ0v) is 15.3. The number of hydrogen-bond donors (Lipinski definition) is 2. The molecule has 2 aromatic heterocycles. The SMILES string of the molecule is CC(C)(Sc1nc2cccnc2n1-c1cccc2ccccc12)C(O)O. The van der Waals surface area contributed by atoms with Gasteiger partial charge in [-0.1, -0.05) is 48.2 Å². The number of aliphatic hydroxyl groups is 2. The molecule has 0 radical (unpaired) electrons.